The molecule has 0 bridgehead atoms. The molecule has 0 aliphatic heterocycles. The molecule has 8 heteroatoms. The van der Waals surface area contributed by atoms with Crippen molar-refractivity contribution < 1.29 is 14.3 Å². The van der Waals surface area contributed by atoms with Crippen LogP contribution in [0.15, 0.2) is 48.5 Å². The van der Waals surface area contributed by atoms with Crippen molar-refractivity contribution in [2.24, 2.45) is 7.05 Å². The Hall–Kier alpha value is -3.68. The number of nitrogens with zero attached hydrogens (tertiary/aromatic N) is 4. The minimum Gasteiger partial charge on any atom is -0.493 e. The van der Waals surface area contributed by atoms with Gasteiger partial charge in [0.1, 0.15) is 0 Å². The molecule has 2 aromatic carbocycles. The van der Waals surface area contributed by atoms with Crippen molar-refractivity contribution in [3.63, 3.8) is 0 Å². The number of ether oxygens (including phenoxy) is 2. The summed E-state index contributed by atoms with van der Waals surface area (Å²) >= 11 is 0. The second kappa shape index (κ2) is 8.81. The average molecular weight is 379 g/mol. The first-order valence-corrected chi connectivity index (χ1v) is 8.73. The first-order chi connectivity index (χ1) is 13.6. The number of carbonyl (C=O) groups excluding carboxylic acids is 1. The molecule has 0 aliphatic carbocycles. The summed E-state index contributed by atoms with van der Waals surface area (Å²) in [4.78, 5) is 12.3. The lowest BCUT2D eigenvalue weighted by Crippen LogP contribution is -2.07. The summed E-state index contributed by atoms with van der Waals surface area (Å²) in [6.45, 7) is 2.46. The number of anilines is 1. The number of methoxy groups -OCH3 is 1. The van der Waals surface area contributed by atoms with Crippen molar-refractivity contribution >= 4 is 17.7 Å². The zero-order chi connectivity index (χ0) is 19.9. The van der Waals surface area contributed by atoms with E-state index in [0.717, 1.165) is 11.1 Å². The molecule has 1 aromatic heterocycles. The van der Waals surface area contributed by atoms with Gasteiger partial charge < -0.3 is 14.8 Å². The van der Waals surface area contributed by atoms with Gasteiger partial charge in [-0.2, -0.15) is 0 Å². The third-order valence-electron chi connectivity index (χ3n) is 3.92. The standard InChI is InChI=1S/C20H21N5O3/c1-4-28-17-10-8-14(12-18(17)27-3)9-11-19(26)21-16-7-5-6-15(13-16)20-22-23-24-25(20)2/h5-13H,4H2,1-3H3,(H,21,26)/b11-9+. The first-order valence-electron chi connectivity index (χ1n) is 8.73. The lowest BCUT2D eigenvalue weighted by Gasteiger charge is -2.09. The van der Waals surface area contributed by atoms with Gasteiger partial charge in [0.25, 0.3) is 0 Å². The number of rotatable bonds is 7. The van der Waals surface area contributed by atoms with E-state index < -0.39 is 0 Å². The highest BCUT2D eigenvalue weighted by Crippen LogP contribution is 2.28. The maximum absolute atomic E-state index is 12.3. The number of carbonyl (C=O) groups is 1. The Labute approximate surface area is 162 Å². The van der Waals surface area contributed by atoms with E-state index in [2.05, 4.69) is 20.8 Å². The lowest BCUT2D eigenvalue weighted by atomic mass is 10.1. The Morgan fingerprint density at radius 3 is 2.79 bits per heavy atom. The third kappa shape index (κ3) is 4.53. The molecule has 28 heavy (non-hydrogen) atoms. The van der Waals surface area contributed by atoms with Crippen LogP contribution in [-0.4, -0.2) is 39.8 Å². The van der Waals surface area contributed by atoms with Crippen molar-refractivity contribution in [2.45, 2.75) is 6.92 Å². The molecular formula is C20H21N5O3. The first kappa shape index (κ1) is 19.1. The fourth-order valence-electron chi connectivity index (χ4n) is 2.63. The summed E-state index contributed by atoms with van der Waals surface area (Å²) in [5.41, 5.74) is 2.29. The lowest BCUT2D eigenvalue weighted by molar-refractivity contribution is -0.111. The Kier molecular flexibility index (Phi) is 6.01. The molecule has 0 saturated carbocycles. The van der Waals surface area contributed by atoms with Crippen molar-refractivity contribution in [1.29, 1.82) is 0 Å². The van der Waals surface area contributed by atoms with Gasteiger partial charge in [-0.15, -0.1) is 5.10 Å². The van der Waals surface area contributed by atoms with E-state index in [9.17, 15) is 4.79 Å². The van der Waals surface area contributed by atoms with Gasteiger partial charge in [-0.1, -0.05) is 18.2 Å². The molecule has 1 amide bonds. The van der Waals surface area contributed by atoms with Crippen molar-refractivity contribution in [3.05, 3.63) is 54.1 Å². The molecule has 1 heterocycles. The number of amides is 1. The van der Waals surface area contributed by atoms with Gasteiger partial charge in [-0.05, 0) is 53.3 Å². The summed E-state index contributed by atoms with van der Waals surface area (Å²) in [6, 6.07) is 12.8. The smallest absolute Gasteiger partial charge is 0.248 e. The topological polar surface area (TPSA) is 91.2 Å². The molecule has 8 nitrogen and oxygen atoms in total. The number of hydrogen-bond acceptors (Lipinski definition) is 6. The number of aryl methyl sites for hydroxylation is 1. The minimum atomic E-state index is -0.249. The van der Waals surface area contributed by atoms with E-state index in [-0.39, 0.29) is 5.91 Å². The quantitative estimate of drug-likeness (QED) is 0.635. The van der Waals surface area contributed by atoms with Crippen LogP contribution in [0.4, 0.5) is 5.69 Å². The minimum absolute atomic E-state index is 0.249. The highest BCUT2D eigenvalue weighted by Gasteiger charge is 2.08. The van der Waals surface area contributed by atoms with E-state index in [0.29, 0.717) is 29.6 Å². The molecule has 1 N–H and O–H groups in total. The monoisotopic (exact) mass is 379 g/mol. The fraction of sp³-hybridized carbons (Fsp3) is 0.200. The Morgan fingerprint density at radius 2 is 2.07 bits per heavy atom. The molecule has 3 aromatic rings. The third-order valence-corrected chi connectivity index (χ3v) is 3.92. The van der Waals surface area contributed by atoms with Crippen LogP contribution in [0.1, 0.15) is 12.5 Å². The Morgan fingerprint density at radius 1 is 1.21 bits per heavy atom. The summed E-state index contributed by atoms with van der Waals surface area (Å²) in [6.07, 6.45) is 3.18. The zero-order valence-electron chi connectivity index (χ0n) is 15.9. The fourth-order valence-corrected chi connectivity index (χ4v) is 2.63. The Balaban J connectivity index is 1.70. The van der Waals surface area contributed by atoms with Gasteiger partial charge in [-0.3, -0.25) is 4.79 Å². The van der Waals surface area contributed by atoms with Crippen LogP contribution in [0.3, 0.4) is 0 Å². The van der Waals surface area contributed by atoms with Gasteiger partial charge in [0.2, 0.25) is 5.91 Å². The van der Waals surface area contributed by atoms with Gasteiger partial charge >= 0.3 is 0 Å². The normalized spacial score (nSPS) is 10.8. The maximum Gasteiger partial charge on any atom is 0.248 e. The maximum atomic E-state index is 12.3. The van der Waals surface area contributed by atoms with Crippen LogP contribution in [0, 0.1) is 0 Å². The second-order valence-electron chi connectivity index (χ2n) is 5.87. The number of aromatic nitrogens is 4. The Bertz CT molecular complexity index is 997. The van der Waals surface area contributed by atoms with Crippen LogP contribution in [0.25, 0.3) is 17.5 Å². The molecule has 0 saturated heterocycles. The highest BCUT2D eigenvalue weighted by atomic mass is 16.5. The summed E-state index contributed by atoms with van der Waals surface area (Å²) in [5.74, 6) is 1.66. The molecule has 3 rings (SSSR count). The predicted octanol–water partition coefficient (Wildman–Crippen LogP) is 2.94. The molecule has 0 aliphatic rings. The van der Waals surface area contributed by atoms with E-state index in [1.165, 1.54) is 6.08 Å². The van der Waals surface area contributed by atoms with Gasteiger partial charge in [-0.25, -0.2) is 4.68 Å². The van der Waals surface area contributed by atoms with E-state index >= 15 is 0 Å². The van der Waals surface area contributed by atoms with Crippen LogP contribution in [-0.2, 0) is 11.8 Å². The molecule has 0 fully saturated rings. The van der Waals surface area contributed by atoms with E-state index in [1.54, 1.807) is 31.0 Å². The predicted molar refractivity (Wildman–Crippen MR) is 106 cm³/mol. The summed E-state index contributed by atoms with van der Waals surface area (Å²) < 4.78 is 12.4. The molecule has 0 atom stereocenters. The zero-order valence-corrected chi connectivity index (χ0v) is 15.9. The SMILES string of the molecule is CCOc1ccc(/C=C/C(=O)Nc2cccc(-c3nnnn3C)c2)cc1OC. The van der Waals surface area contributed by atoms with Gasteiger partial charge in [0.15, 0.2) is 17.3 Å². The summed E-state index contributed by atoms with van der Waals surface area (Å²) in [5, 5.41) is 14.3. The van der Waals surface area contributed by atoms with Gasteiger partial charge in [0.05, 0.1) is 13.7 Å². The second-order valence-corrected chi connectivity index (χ2v) is 5.87. The number of hydrogen-bond donors (Lipinski definition) is 1. The largest absolute Gasteiger partial charge is 0.493 e. The molecule has 0 spiro atoms. The van der Waals surface area contributed by atoms with E-state index in [4.69, 9.17) is 9.47 Å². The van der Waals surface area contributed by atoms with Crippen LogP contribution >= 0.6 is 0 Å². The molecule has 0 radical (unpaired) electrons. The van der Waals surface area contributed by atoms with Crippen LogP contribution in [0.5, 0.6) is 11.5 Å². The molecular weight excluding hydrogens is 358 g/mol. The van der Waals surface area contributed by atoms with Crippen molar-refractivity contribution in [3.8, 4) is 22.9 Å². The highest BCUT2D eigenvalue weighted by molar-refractivity contribution is 6.02. The van der Waals surface area contributed by atoms with Crippen molar-refractivity contribution in [1.82, 2.24) is 20.2 Å². The average Bonchev–Trinajstić information content (AvgIpc) is 3.13. The van der Waals surface area contributed by atoms with Gasteiger partial charge in [0, 0.05) is 24.4 Å². The van der Waals surface area contributed by atoms with Crippen LogP contribution in [0.2, 0.25) is 0 Å². The molecule has 0 unspecified atom stereocenters. The summed E-state index contributed by atoms with van der Waals surface area (Å²) in [7, 11) is 3.34. The number of nitrogens with one attached hydrogen (secondary N) is 1. The van der Waals surface area contributed by atoms with E-state index in [1.807, 2.05) is 43.3 Å². The number of tetrazole rings is 1. The van der Waals surface area contributed by atoms with Crippen molar-refractivity contribution in [2.75, 3.05) is 19.0 Å². The molecule has 144 valence electrons. The van der Waals surface area contributed by atoms with Crippen LogP contribution < -0.4 is 14.8 Å². The number of benzene rings is 2.